The lowest BCUT2D eigenvalue weighted by Gasteiger charge is -2.15. The van der Waals surface area contributed by atoms with Crippen LogP contribution in [0.15, 0.2) is 0 Å². The van der Waals surface area contributed by atoms with E-state index >= 15 is 0 Å². The Morgan fingerprint density at radius 3 is 0.951 bits per heavy atom. The number of ether oxygens (including phenoxy) is 1. The molecule has 0 heterocycles. The van der Waals surface area contributed by atoms with Crippen LogP contribution in [0.3, 0.4) is 0 Å². The average Bonchev–Trinajstić information content (AvgIpc) is 2.97. The highest BCUT2D eigenvalue weighted by Crippen LogP contribution is 2.37. The van der Waals surface area contributed by atoms with Crippen LogP contribution >= 0.6 is 7.92 Å². The Morgan fingerprint density at radius 2 is 0.683 bits per heavy atom. The summed E-state index contributed by atoms with van der Waals surface area (Å²) in [5.41, 5.74) is 0. The number of hydrogen-bond donors (Lipinski definition) is 0. The highest BCUT2D eigenvalue weighted by atomic mass is 31.1. The van der Waals surface area contributed by atoms with Crippen LogP contribution < -0.4 is 0 Å². The minimum absolute atomic E-state index is 0.159. The summed E-state index contributed by atoms with van der Waals surface area (Å²) in [5.74, 6) is -0.159. The molecule has 0 rings (SSSR count). The molecular weight excluding hydrogens is 519 g/mol. The summed E-state index contributed by atoms with van der Waals surface area (Å²) in [7, 11) is 0.372. The number of carbonyl (C=O) groups is 1. The van der Waals surface area contributed by atoms with E-state index < -0.39 is 0 Å². The Morgan fingerprint density at radius 1 is 0.415 bits per heavy atom. The molecule has 0 aliphatic heterocycles. The van der Waals surface area contributed by atoms with Crippen molar-refractivity contribution in [3.63, 3.8) is 0 Å². The molecule has 0 amide bonds. The molecule has 0 saturated carbocycles. The third kappa shape index (κ3) is 42.1. The van der Waals surface area contributed by atoms with E-state index in [0.717, 1.165) is 6.42 Å². The number of esters is 1. The van der Waals surface area contributed by atoms with Crippen LogP contribution in [-0.2, 0) is 9.53 Å². The maximum atomic E-state index is 10.4. The quantitative estimate of drug-likeness (QED) is 0.0437. The van der Waals surface area contributed by atoms with E-state index in [9.17, 15) is 4.79 Å². The fourth-order valence-electron chi connectivity index (χ4n) is 5.53. The van der Waals surface area contributed by atoms with Crippen molar-refractivity contribution in [1.82, 2.24) is 0 Å². The van der Waals surface area contributed by atoms with Crippen LogP contribution in [0.5, 0.6) is 0 Å². The molecule has 0 aromatic heterocycles. The molecule has 0 aliphatic carbocycles. The topological polar surface area (TPSA) is 26.3 Å². The first kappa shape index (κ1) is 43.0. The van der Waals surface area contributed by atoms with Gasteiger partial charge in [-0.05, 0) is 37.7 Å². The summed E-state index contributed by atoms with van der Waals surface area (Å²) in [5, 5.41) is 0. The van der Waals surface area contributed by atoms with Crippen LogP contribution in [0.2, 0.25) is 0 Å². The molecule has 0 aromatic rings. The van der Waals surface area contributed by atoms with Crippen LogP contribution in [0.1, 0.15) is 214 Å². The van der Waals surface area contributed by atoms with Gasteiger partial charge in [0.05, 0.1) is 6.61 Å². The van der Waals surface area contributed by atoms with Crippen LogP contribution in [0.4, 0.5) is 0 Å². The first-order chi connectivity index (χ1) is 20.1. The zero-order valence-electron chi connectivity index (χ0n) is 29.4. The Balaban J connectivity index is 0. The Hall–Kier alpha value is -0.100. The summed E-state index contributed by atoms with van der Waals surface area (Å²) in [6.45, 7) is 11.4. The second-order valence-electron chi connectivity index (χ2n) is 12.6. The maximum Gasteiger partial charge on any atom is 0.302 e. The molecular formula is C38H79O2P. The van der Waals surface area contributed by atoms with Crippen molar-refractivity contribution in [1.29, 1.82) is 0 Å². The van der Waals surface area contributed by atoms with Crippen molar-refractivity contribution in [2.24, 2.45) is 0 Å². The molecule has 41 heavy (non-hydrogen) atoms. The predicted octanol–water partition coefficient (Wildman–Crippen LogP) is 14.0. The zero-order valence-corrected chi connectivity index (χ0v) is 30.3. The molecule has 0 radical (unpaired) electrons. The van der Waals surface area contributed by atoms with Gasteiger partial charge in [-0.2, -0.15) is 0 Å². The van der Waals surface area contributed by atoms with Gasteiger partial charge in [-0.1, -0.05) is 188 Å². The van der Waals surface area contributed by atoms with Gasteiger partial charge in [-0.25, -0.2) is 0 Å². The first-order valence-electron chi connectivity index (χ1n) is 19.0. The Labute approximate surface area is 262 Å². The fraction of sp³-hybridized carbons (Fsp3) is 0.974. The molecule has 0 saturated heterocycles. The zero-order chi connectivity index (χ0) is 30.5. The molecule has 0 bridgehead atoms. The Bertz CT molecular complexity index is 443. The van der Waals surface area contributed by atoms with E-state index in [1.807, 2.05) is 0 Å². The highest BCUT2D eigenvalue weighted by molar-refractivity contribution is 7.57. The van der Waals surface area contributed by atoms with Gasteiger partial charge in [0.1, 0.15) is 0 Å². The average molecular weight is 599 g/mol. The van der Waals surface area contributed by atoms with Gasteiger partial charge in [-0.3, -0.25) is 4.79 Å². The summed E-state index contributed by atoms with van der Waals surface area (Å²) in [6.07, 6.45) is 44.4. The normalized spacial score (nSPS) is 11.1. The molecule has 248 valence electrons. The van der Waals surface area contributed by atoms with Crippen LogP contribution in [0, 0.1) is 0 Å². The lowest BCUT2D eigenvalue weighted by molar-refractivity contribution is -0.141. The molecule has 0 fully saturated rings. The van der Waals surface area contributed by atoms with E-state index in [1.165, 1.54) is 186 Å². The number of hydrogen-bond acceptors (Lipinski definition) is 2. The van der Waals surface area contributed by atoms with E-state index in [0.29, 0.717) is 14.5 Å². The van der Waals surface area contributed by atoms with Gasteiger partial charge < -0.3 is 4.74 Å². The van der Waals surface area contributed by atoms with Crippen molar-refractivity contribution in [3.05, 3.63) is 0 Å². The molecule has 0 atom stereocenters. The standard InChI is InChI=1S/C26H55P.C12H24O2/c1-4-7-9-11-13-15-17-19-21-23-25-27(6-3)26-24-22-20-18-16-14-12-10-8-5-2;1-3-4-5-6-7-8-9-10-11-14-12(2)13/h4-26H2,1-3H3;3-11H2,1-2H3. The van der Waals surface area contributed by atoms with Gasteiger partial charge in [0.2, 0.25) is 0 Å². The second kappa shape index (κ2) is 39.9. The minimum atomic E-state index is -0.159. The van der Waals surface area contributed by atoms with Gasteiger partial charge in [0.15, 0.2) is 0 Å². The van der Waals surface area contributed by atoms with Crippen molar-refractivity contribution in [2.75, 3.05) is 25.1 Å². The lowest BCUT2D eigenvalue weighted by atomic mass is 10.1. The third-order valence-electron chi connectivity index (χ3n) is 8.41. The molecule has 0 aromatic carbocycles. The third-order valence-corrected chi connectivity index (χ3v) is 11.2. The van der Waals surface area contributed by atoms with E-state index in [4.69, 9.17) is 4.74 Å². The maximum absolute atomic E-state index is 10.4. The molecule has 0 N–H and O–H groups in total. The van der Waals surface area contributed by atoms with E-state index in [2.05, 4.69) is 27.7 Å². The molecule has 3 heteroatoms. The highest BCUT2D eigenvalue weighted by Gasteiger charge is 2.05. The SMILES string of the molecule is CCCCCCCCCCCCP(CC)CCCCCCCCCCCC.CCCCCCCCCCOC(C)=O. The number of carbonyl (C=O) groups excluding carboxylic acids is 1. The van der Waals surface area contributed by atoms with E-state index in [1.54, 1.807) is 12.3 Å². The second-order valence-corrected chi connectivity index (χ2v) is 15.5. The first-order valence-corrected chi connectivity index (χ1v) is 20.9. The molecule has 0 aliphatic rings. The smallest absolute Gasteiger partial charge is 0.302 e. The van der Waals surface area contributed by atoms with Gasteiger partial charge in [0.25, 0.3) is 0 Å². The van der Waals surface area contributed by atoms with Gasteiger partial charge in [-0.15, -0.1) is 7.92 Å². The molecule has 0 unspecified atom stereocenters. The largest absolute Gasteiger partial charge is 0.466 e. The number of rotatable bonds is 32. The summed E-state index contributed by atoms with van der Waals surface area (Å²) in [4.78, 5) is 10.4. The Kier molecular flexibility index (Phi) is 41.9. The van der Waals surface area contributed by atoms with Crippen molar-refractivity contribution >= 4 is 13.9 Å². The summed E-state index contributed by atoms with van der Waals surface area (Å²) < 4.78 is 4.85. The van der Waals surface area contributed by atoms with Crippen LogP contribution in [0.25, 0.3) is 0 Å². The van der Waals surface area contributed by atoms with E-state index in [-0.39, 0.29) is 5.97 Å². The summed E-state index contributed by atoms with van der Waals surface area (Å²) >= 11 is 0. The fourth-order valence-corrected chi connectivity index (χ4v) is 7.72. The van der Waals surface area contributed by atoms with Gasteiger partial charge in [0, 0.05) is 6.92 Å². The van der Waals surface area contributed by atoms with Crippen LogP contribution in [-0.4, -0.2) is 31.1 Å². The number of unbranched alkanes of at least 4 members (excludes halogenated alkanes) is 25. The summed E-state index contributed by atoms with van der Waals surface area (Å²) in [6, 6.07) is 0. The van der Waals surface area contributed by atoms with Crippen molar-refractivity contribution in [2.45, 2.75) is 214 Å². The minimum Gasteiger partial charge on any atom is -0.466 e. The van der Waals surface area contributed by atoms with Crippen molar-refractivity contribution in [3.8, 4) is 0 Å². The molecule has 0 spiro atoms. The monoisotopic (exact) mass is 599 g/mol. The molecule has 2 nitrogen and oxygen atoms in total. The lowest BCUT2D eigenvalue weighted by Crippen LogP contribution is -1.99. The predicted molar refractivity (Wildman–Crippen MR) is 190 cm³/mol. The van der Waals surface area contributed by atoms with Gasteiger partial charge >= 0.3 is 5.97 Å². The van der Waals surface area contributed by atoms with Crippen molar-refractivity contribution < 1.29 is 9.53 Å².